The molecule has 1 aliphatic rings. The van der Waals surface area contributed by atoms with Gasteiger partial charge in [0, 0.05) is 6.54 Å². The lowest BCUT2D eigenvalue weighted by molar-refractivity contribution is -0.121. The summed E-state index contributed by atoms with van der Waals surface area (Å²) in [5.41, 5.74) is 0. The first kappa shape index (κ1) is 12.0. The number of hydrogen-bond donors (Lipinski definition) is 2. The average Bonchev–Trinajstić information content (AvgIpc) is 2.95. The molecule has 0 spiro atoms. The molecule has 0 radical (unpaired) electrons. The zero-order chi connectivity index (χ0) is 10.7. The Labute approximate surface area is 93.4 Å². The highest BCUT2D eigenvalue weighted by molar-refractivity contribution is 9.10. The van der Waals surface area contributed by atoms with Gasteiger partial charge in [0.25, 0.3) is 0 Å². The van der Waals surface area contributed by atoms with Crippen LogP contribution in [0.25, 0.3) is 0 Å². The maximum absolute atomic E-state index is 11.5. The Kier molecular flexibility index (Phi) is 4.38. The Morgan fingerprint density at radius 2 is 2.14 bits per heavy atom. The summed E-state index contributed by atoms with van der Waals surface area (Å²) in [4.78, 5) is 11.3. The Balaban J connectivity index is 2.19. The number of aliphatic hydroxyl groups excluding tert-OH is 1. The van der Waals surface area contributed by atoms with Crippen LogP contribution in [-0.2, 0) is 4.79 Å². The lowest BCUT2D eigenvalue weighted by atomic mass is 10.1. The van der Waals surface area contributed by atoms with Crippen molar-refractivity contribution in [2.24, 2.45) is 11.8 Å². The van der Waals surface area contributed by atoms with E-state index in [4.69, 9.17) is 0 Å². The topological polar surface area (TPSA) is 49.3 Å². The molecule has 0 saturated heterocycles. The number of alkyl halides is 1. The minimum absolute atomic E-state index is 0.0281. The Morgan fingerprint density at radius 3 is 2.57 bits per heavy atom. The molecule has 2 unspecified atom stereocenters. The van der Waals surface area contributed by atoms with Crippen LogP contribution in [0.1, 0.15) is 26.7 Å². The molecule has 0 aromatic carbocycles. The second-order valence-corrected chi connectivity index (χ2v) is 5.28. The van der Waals surface area contributed by atoms with Gasteiger partial charge in [-0.05, 0) is 24.7 Å². The first-order chi connectivity index (χ1) is 6.52. The van der Waals surface area contributed by atoms with Gasteiger partial charge in [-0.1, -0.05) is 29.8 Å². The fourth-order valence-electron chi connectivity index (χ4n) is 1.25. The summed E-state index contributed by atoms with van der Waals surface area (Å²) in [6.07, 6.45) is 1.84. The maximum Gasteiger partial charge on any atom is 0.234 e. The van der Waals surface area contributed by atoms with Crippen LogP contribution in [0.15, 0.2) is 0 Å². The molecule has 1 amide bonds. The summed E-state index contributed by atoms with van der Waals surface area (Å²) in [5, 5.41) is 12.3. The molecule has 0 aliphatic heterocycles. The lowest BCUT2D eigenvalue weighted by Gasteiger charge is -2.15. The van der Waals surface area contributed by atoms with Gasteiger partial charge in [-0.15, -0.1) is 0 Å². The molecule has 82 valence electrons. The maximum atomic E-state index is 11.5. The van der Waals surface area contributed by atoms with Crippen LogP contribution in [-0.4, -0.2) is 28.5 Å². The highest BCUT2D eigenvalue weighted by atomic mass is 79.9. The summed E-state index contributed by atoms with van der Waals surface area (Å²) < 4.78 is 0. The van der Waals surface area contributed by atoms with Crippen LogP contribution in [0, 0.1) is 11.8 Å². The Morgan fingerprint density at radius 1 is 1.57 bits per heavy atom. The smallest absolute Gasteiger partial charge is 0.234 e. The minimum Gasteiger partial charge on any atom is -0.391 e. The predicted octanol–water partition coefficient (Wildman–Crippen LogP) is 1.29. The summed E-state index contributed by atoms with van der Waals surface area (Å²) in [6.45, 7) is 4.35. The molecule has 4 heteroatoms. The first-order valence-corrected chi connectivity index (χ1v) is 6.03. The van der Waals surface area contributed by atoms with Gasteiger partial charge in [0.2, 0.25) is 5.91 Å². The molecule has 2 N–H and O–H groups in total. The van der Waals surface area contributed by atoms with E-state index in [1.54, 1.807) is 0 Å². The number of carbonyl (C=O) groups is 1. The number of nitrogens with one attached hydrogen (secondary N) is 1. The summed E-state index contributed by atoms with van der Waals surface area (Å²) in [5.74, 6) is 0.663. The molecule has 0 aromatic heterocycles. The van der Waals surface area contributed by atoms with Crippen molar-refractivity contribution in [3.63, 3.8) is 0 Å². The molecule has 1 saturated carbocycles. The average molecular weight is 264 g/mol. The van der Waals surface area contributed by atoms with E-state index in [0.717, 1.165) is 12.8 Å². The third-order valence-electron chi connectivity index (χ3n) is 2.49. The van der Waals surface area contributed by atoms with Gasteiger partial charge in [0.05, 0.1) is 10.9 Å². The van der Waals surface area contributed by atoms with Crippen LogP contribution in [0.3, 0.4) is 0 Å². The zero-order valence-corrected chi connectivity index (χ0v) is 10.3. The van der Waals surface area contributed by atoms with Crippen LogP contribution >= 0.6 is 15.9 Å². The highest BCUT2D eigenvalue weighted by Crippen LogP contribution is 2.32. The van der Waals surface area contributed by atoms with Gasteiger partial charge in [-0.2, -0.15) is 0 Å². The fourth-order valence-corrected chi connectivity index (χ4v) is 1.41. The van der Waals surface area contributed by atoms with Crippen LogP contribution < -0.4 is 5.32 Å². The summed E-state index contributed by atoms with van der Waals surface area (Å²) in [6, 6.07) is 0. The standard InChI is InChI=1S/C10H18BrNO2/c1-6(2)9(11)10(14)12-5-8(13)7-3-4-7/h6-9,13H,3-5H2,1-2H3,(H,12,14). The zero-order valence-electron chi connectivity index (χ0n) is 8.66. The van der Waals surface area contributed by atoms with Crippen molar-refractivity contribution in [1.82, 2.24) is 5.32 Å². The number of hydrogen-bond acceptors (Lipinski definition) is 2. The third kappa shape index (κ3) is 3.58. The molecular weight excluding hydrogens is 246 g/mol. The van der Waals surface area contributed by atoms with Crippen LogP contribution in [0.4, 0.5) is 0 Å². The number of aliphatic hydroxyl groups is 1. The number of amides is 1. The van der Waals surface area contributed by atoms with Crippen LogP contribution in [0.2, 0.25) is 0 Å². The van der Waals surface area contributed by atoms with Gasteiger partial charge >= 0.3 is 0 Å². The minimum atomic E-state index is -0.356. The quantitative estimate of drug-likeness (QED) is 0.735. The number of rotatable bonds is 5. The molecule has 1 fully saturated rings. The second-order valence-electron chi connectivity index (χ2n) is 4.30. The largest absolute Gasteiger partial charge is 0.391 e. The van der Waals surface area contributed by atoms with Gasteiger partial charge in [0.15, 0.2) is 0 Å². The van der Waals surface area contributed by atoms with Gasteiger partial charge in [0.1, 0.15) is 0 Å². The first-order valence-electron chi connectivity index (χ1n) is 5.12. The Bertz CT molecular complexity index is 204. The van der Waals surface area contributed by atoms with Crippen molar-refractivity contribution in [3.05, 3.63) is 0 Å². The molecule has 2 atom stereocenters. The SMILES string of the molecule is CC(C)C(Br)C(=O)NCC(O)C1CC1. The highest BCUT2D eigenvalue weighted by Gasteiger charge is 2.30. The van der Waals surface area contributed by atoms with E-state index >= 15 is 0 Å². The molecular formula is C10H18BrNO2. The van der Waals surface area contributed by atoms with E-state index in [9.17, 15) is 9.90 Å². The molecule has 3 nitrogen and oxygen atoms in total. The van der Waals surface area contributed by atoms with E-state index in [1.807, 2.05) is 13.8 Å². The number of carbonyl (C=O) groups excluding carboxylic acids is 1. The molecule has 1 aliphatic carbocycles. The normalized spacial score (nSPS) is 20.6. The fraction of sp³-hybridized carbons (Fsp3) is 0.900. The van der Waals surface area contributed by atoms with Crippen molar-refractivity contribution in [2.45, 2.75) is 37.6 Å². The summed E-state index contributed by atoms with van der Waals surface area (Å²) >= 11 is 3.32. The van der Waals surface area contributed by atoms with Crippen molar-refractivity contribution in [1.29, 1.82) is 0 Å². The van der Waals surface area contributed by atoms with E-state index in [-0.39, 0.29) is 22.8 Å². The van der Waals surface area contributed by atoms with Crippen molar-refractivity contribution in [3.8, 4) is 0 Å². The second kappa shape index (κ2) is 5.12. The molecule has 14 heavy (non-hydrogen) atoms. The van der Waals surface area contributed by atoms with E-state index in [0.29, 0.717) is 12.5 Å². The van der Waals surface area contributed by atoms with Crippen molar-refractivity contribution < 1.29 is 9.90 Å². The molecule has 0 bridgehead atoms. The molecule has 0 aromatic rings. The number of halogens is 1. The van der Waals surface area contributed by atoms with Gasteiger partial charge in [-0.25, -0.2) is 0 Å². The monoisotopic (exact) mass is 263 g/mol. The van der Waals surface area contributed by atoms with Crippen molar-refractivity contribution in [2.75, 3.05) is 6.54 Å². The summed E-state index contributed by atoms with van der Waals surface area (Å²) in [7, 11) is 0. The third-order valence-corrected chi connectivity index (χ3v) is 3.96. The van der Waals surface area contributed by atoms with Crippen LogP contribution in [0.5, 0.6) is 0 Å². The van der Waals surface area contributed by atoms with E-state index in [2.05, 4.69) is 21.2 Å². The Hall–Kier alpha value is -0.0900. The van der Waals surface area contributed by atoms with E-state index in [1.165, 1.54) is 0 Å². The van der Waals surface area contributed by atoms with Gasteiger partial charge < -0.3 is 10.4 Å². The predicted molar refractivity (Wildman–Crippen MR) is 59.3 cm³/mol. The van der Waals surface area contributed by atoms with Crippen molar-refractivity contribution >= 4 is 21.8 Å². The van der Waals surface area contributed by atoms with E-state index < -0.39 is 0 Å². The van der Waals surface area contributed by atoms with Gasteiger partial charge in [-0.3, -0.25) is 4.79 Å². The molecule has 1 rings (SSSR count). The lowest BCUT2D eigenvalue weighted by Crippen LogP contribution is -2.39. The molecule has 0 heterocycles.